The van der Waals surface area contributed by atoms with E-state index < -0.39 is 11.7 Å². The zero-order chi connectivity index (χ0) is 31.7. The topological polar surface area (TPSA) is 94.8 Å². The molecule has 2 saturated heterocycles. The lowest BCUT2D eigenvalue weighted by molar-refractivity contribution is 0.0145. The number of aromatic nitrogens is 2. The number of hydrogen-bond donors (Lipinski definition) is 0. The van der Waals surface area contributed by atoms with Crippen molar-refractivity contribution in [3.8, 4) is 23.2 Å². The van der Waals surface area contributed by atoms with E-state index in [0.29, 0.717) is 49.1 Å². The van der Waals surface area contributed by atoms with Crippen molar-refractivity contribution in [2.75, 3.05) is 44.7 Å². The molecule has 1 aliphatic carbocycles. The standard InChI is InChI=1S/C35H43ClN6O3/c1-35(2,3)45-34(43)42-18-17-41(21-24(42)14-15-37)32-29-19-30(36)28(27-13-7-10-23-9-5-6-12-26(23)27)20-31(29)38-33(39-32)44-22-25-11-8-16-40(25)4/h7,10,13,19-20,24-25H,5-6,8-9,11-12,14,16-18,21-22H2,1-4H3/t24-,25?/m0/s1. The molecule has 9 nitrogen and oxygen atoms in total. The number of aryl methyl sites for hydroxylation is 1. The van der Waals surface area contributed by atoms with Gasteiger partial charge in [0.15, 0.2) is 0 Å². The second kappa shape index (κ2) is 13.0. The summed E-state index contributed by atoms with van der Waals surface area (Å²) in [7, 11) is 2.13. The molecule has 2 fully saturated rings. The van der Waals surface area contributed by atoms with Gasteiger partial charge in [0.1, 0.15) is 18.0 Å². The number of likely N-dealkylation sites (tertiary alicyclic amines) is 1. The summed E-state index contributed by atoms with van der Waals surface area (Å²) in [6.45, 7) is 8.46. The van der Waals surface area contributed by atoms with Crippen LogP contribution in [0, 0.1) is 11.3 Å². The summed E-state index contributed by atoms with van der Waals surface area (Å²) in [4.78, 5) is 29.1. The van der Waals surface area contributed by atoms with Gasteiger partial charge in [0.05, 0.1) is 24.0 Å². The molecule has 238 valence electrons. The maximum Gasteiger partial charge on any atom is 0.410 e. The summed E-state index contributed by atoms with van der Waals surface area (Å²) in [6.07, 6.45) is 6.53. The van der Waals surface area contributed by atoms with Gasteiger partial charge in [0.25, 0.3) is 0 Å². The molecule has 0 radical (unpaired) electrons. The number of rotatable bonds is 6. The monoisotopic (exact) mass is 630 g/mol. The van der Waals surface area contributed by atoms with Crippen molar-refractivity contribution in [2.24, 2.45) is 0 Å². The molecule has 10 heteroatoms. The van der Waals surface area contributed by atoms with E-state index in [9.17, 15) is 10.1 Å². The van der Waals surface area contributed by atoms with Crippen LogP contribution in [0.15, 0.2) is 30.3 Å². The van der Waals surface area contributed by atoms with Gasteiger partial charge in [-0.3, -0.25) is 0 Å². The highest BCUT2D eigenvalue weighted by Crippen LogP contribution is 2.40. The Morgan fingerprint density at radius 1 is 1.07 bits per heavy atom. The van der Waals surface area contributed by atoms with Crippen LogP contribution in [0.25, 0.3) is 22.0 Å². The molecule has 3 aliphatic rings. The number of nitriles is 1. The largest absolute Gasteiger partial charge is 0.462 e. The van der Waals surface area contributed by atoms with Gasteiger partial charge in [-0.2, -0.15) is 15.2 Å². The zero-order valence-corrected chi connectivity index (χ0v) is 27.6. The van der Waals surface area contributed by atoms with Gasteiger partial charge in [-0.15, -0.1) is 0 Å². The highest BCUT2D eigenvalue weighted by atomic mass is 35.5. The zero-order valence-electron chi connectivity index (χ0n) is 26.8. The molecular weight excluding hydrogens is 588 g/mol. The quantitative estimate of drug-likeness (QED) is 0.299. The van der Waals surface area contributed by atoms with Crippen LogP contribution in [0.5, 0.6) is 6.01 Å². The van der Waals surface area contributed by atoms with Crippen LogP contribution >= 0.6 is 11.6 Å². The summed E-state index contributed by atoms with van der Waals surface area (Å²) in [6, 6.07) is 13.1. The lowest BCUT2D eigenvalue weighted by Crippen LogP contribution is -2.56. The normalized spacial score (nSPS) is 20.6. The Labute approximate surface area is 271 Å². The molecule has 0 saturated carbocycles. The summed E-state index contributed by atoms with van der Waals surface area (Å²) in [5, 5.41) is 11.1. The fraction of sp³-hybridized carbons (Fsp3) is 0.543. The van der Waals surface area contributed by atoms with Crippen molar-refractivity contribution < 1.29 is 14.3 Å². The van der Waals surface area contributed by atoms with E-state index in [1.807, 2.05) is 26.8 Å². The highest BCUT2D eigenvalue weighted by Gasteiger charge is 2.35. The minimum atomic E-state index is -0.625. The lowest BCUT2D eigenvalue weighted by Gasteiger charge is -2.41. The Balaban J connectivity index is 1.39. The summed E-state index contributed by atoms with van der Waals surface area (Å²) in [5.41, 5.74) is 5.03. The average molecular weight is 631 g/mol. The average Bonchev–Trinajstić information content (AvgIpc) is 3.42. The Kier molecular flexibility index (Phi) is 9.07. The molecule has 2 aliphatic heterocycles. The molecule has 3 aromatic rings. The minimum Gasteiger partial charge on any atom is -0.462 e. The maximum atomic E-state index is 13.1. The first-order valence-corrected chi connectivity index (χ1v) is 16.6. The smallest absolute Gasteiger partial charge is 0.410 e. The van der Waals surface area contributed by atoms with Crippen LogP contribution in [-0.2, 0) is 17.6 Å². The van der Waals surface area contributed by atoms with Crippen LogP contribution in [0.2, 0.25) is 5.02 Å². The van der Waals surface area contributed by atoms with E-state index >= 15 is 0 Å². The highest BCUT2D eigenvalue weighted by molar-refractivity contribution is 6.34. The summed E-state index contributed by atoms with van der Waals surface area (Å²) >= 11 is 7.08. The first-order valence-electron chi connectivity index (χ1n) is 16.2. The van der Waals surface area contributed by atoms with E-state index in [1.165, 1.54) is 24.0 Å². The number of likely N-dealkylation sites (N-methyl/N-ethyl adjacent to an activating group) is 1. The van der Waals surface area contributed by atoms with Gasteiger partial charge in [0.2, 0.25) is 0 Å². The molecule has 0 bridgehead atoms. The molecular formula is C35H43ClN6O3. The number of halogens is 1. The van der Waals surface area contributed by atoms with Crippen LogP contribution in [0.4, 0.5) is 10.6 Å². The number of nitrogens with zero attached hydrogens (tertiary/aromatic N) is 6. The molecule has 6 rings (SSSR count). The molecule has 0 spiro atoms. The van der Waals surface area contributed by atoms with Gasteiger partial charge in [0, 0.05) is 41.6 Å². The number of amides is 1. The number of hydrogen-bond acceptors (Lipinski definition) is 8. The molecule has 2 aromatic carbocycles. The third-order valence-corrected chi connectivity index (χ3v) is 9.56. The molecule has 3 heterocycles. The van der Waals surface area contributed by atoms with Crippen molar-refractivity contribution in [1.29, 1.82) is 5.26 Å². The second-order valence-corrected chi connectivity index (χ2v) is 14.0. The number of anilines is 1. The van der Waals surface area contributed by atoms with E-state index in [-0.39, 0.29) is 12.5 Å². The fourth-order valence-corrected chi connectivity index (χ4v) is 7.17. The molecule has 45 heavy (non-hydrogen) atoms. The Morgan fingerprint density at radius 2 is 1.89 bits per heavy atom. The predicted molar refractivity (Wildman–Crippen MR) is 177 cm³/mol. The first kappa shape index (κ1) is 31.4. The van der Waals surface area contributed by atoms with Gasteiger partial charge >= 0.3 is 12.1 Å². The Morgan fingerprint density at radius 3 is 2.64 bits per heavy atom. The van der Waals surface area contributed by atoms with Crippen LogP contribution in [0.1, 0.15) is 64.0 Å². The SMILES string of the molecule is CN1CCCC1COc1nc(N2CCN(C(=O)OC(C)(C)C)[C@@H](CC#N)C2)c2cc(Cl)c(-c3cccc4c3CCCC4)cc2n1. The Bertz CT molecular complexity index is 1620. The molecule has 1 aromatic heterocycles. The third kappa shape index (κ3) is 6.83. The number of benzene rings is 2. The van der Waals surface area contributed by atoms with E-state index in [4.69, 9.17) is 31.0 Å². The van der Waals surface area contributed by atoms with Crippen molar-refractivity contribution in [2.45, 2.75) is 83.4 Å². The fourth-order valence-electron chi connectivity index (χ4n) is 6.91. The van der Waals surface area contributed by atoms with Crippen molar-refractivity contribution in [3.63, 3.8) is 0 Å². The van der Waals surface area contributed by atoms with Crippen LogP contribution < -0.4 is 9.64 Å². The number of ether oxygens (including phenoxy) is 2. The number of carbonyl (C=O) groups is 1. The van der Waals surface area contributed by atoms with E-state index in [0.717, 1.165) is 54.3 Å². The van der Waals surface area contributed by atoms with Gasteiger partial charge < -0.3 is 24.2 Å². The number of fused-ring (bicyclic) bond motifs is 2. The van der Waals surface area contributed by atoms with Crippen molar-refractivity contribution in [1.82, 2.24) is 19.8 Å². The van der Waals surface area contributed by atoms with Crippen LogP contribution in [-0.4, -0.2) is 83.4 Å². The summed E-state index contributed by atoms with van der Waals surface area (Å²) in [5.74, 6) is 0.699. The maximum absolute atomic E-state index is 13.1. The van der Waals surface area contributed by atoms with Crippen LogP contribution in [0.3, 0.4) is 0 Å². The number of piperazine rings is 1. The third-order valence-electron chi connectivity index (χ3n) is 9.24. The summed E-state index contributed by atoms with van der Waals surface area (Å²) < 4.78 is 12.0. The number of carbonyl (C=O) groups excluding carboxylic acids is 1. The lowest BCUT2D eigenvalue weighted by atomic mass is 9.86. The Hall–Kier alpha value is -3.61. The van der Waals surface area contributed by atoms with Gasteiger partial charge in [-0.25, -0.2) is 4.79 Å². The minimum absolute atomic E-state index is 0.181. The van der Waals surface area contributed by atoms with Crippen molar-refractivity contribution in [3.05, 3.63) is 46.5 Å². The molecule has 2 atom stereocenters. The van der Waals surface area contributed by atoms with E-state index in [1.54, 1.807) is 4.90 Å². The van der Waals surface area contributed by atoms with Gasteiger partial charge in [-0.05, 0) is 102 Å². The first-order chi connectivity index (χ1) is 21.6. The molecule has 1 unspecified atom stereocenters. The van der Waals surface area contributed by atoms with E-state index in [2.05, 4.69) is 47.2 Å². The molecule has 0 N–H and O–H groups in total. The second-order valence-electron chi connectivity index (χ2n) is 13.6. The predicted octanol–water partition coefficient (Wildman–Crippen LogP) is 6.64. The van der Waals surface area contributed by atoms with Gasteiger partial charge in [-0.1, -0.05) is 29.8 Å². The van der Waals surface area contributed by atoms with Crippen molar-refractivity contribution >= 4 is 34.4 Å². The molecule has 1 amide bonds.